The average molecular weight is 343 g/mol. The van der Waals surface area contributed by atoms with Crippen LogP contribution in [-0.2, 0) is 31.0 Å². The minimum Gasteiger partial charge on any atom is -1.00 e. The first-order valence-corrected chi connectivity index (χ1v) is 8.01. The number of nitrogens with zero attached hydrogens (tertiary/aromatic N) is 2. The van der Waals surface area contributed by atoms with Crippen molar-refractivity contribution in [1.29, 1.82) is 5.39 Å². The van der Waals surface area contributed by atoms with E-state index < -0.39 is 32.6 Å². The van der Waals surface area contributed by atoms with Gasteiger partial charge in [0, 0.05) is 5.56 Å². The fraction of sp³-hybridized carbons (Fsp3) is 0.333. The number of hydrogen-bond donors (Lipinski definition) is 1. The van der Waals surface area contributed by atoms with Crippen LogP contribution in [0.25, 0.3) is 4.98 Å². The van der Waals surface area contributed by atoms with Crippen LogP contribution in [-0.4, -0.2) is 33.7 Å². The van der Waals surface area contributed by atoms with Gasteiger partial charge in [0.2, 0.25) is 5.39 Å². The Morgan fingerprint density at radius 2 is 1.70 bits per heavy atom. The molecule has 0 saturated heterocycles. The molecule has 0 unspecified atom stereocenters. The lowest BCUT2D eigenvalue weighted by Crippen LogP contribution is -3.00. The number of rotatable bonds is 6. The first-order valence-electron chi connectivity index (χ1n) is 4.99. The summed E-state index contributed by atoms with van der Waals surface area (Å²) in [6.45, 7) is -0.624. The van der Waals surface area contributed by atoms with E-state index in [-0.39, 0.29) is 23.8 Å². The summed E-state index contributed by atoms with van der Waals surface area (Å²) in [6, 6.07) is 5.55. The zero-order valence-corrected chi connectivity index (χ0v) is 12.4. The lowest BCUT2D eigenvalue weighted by atomic mass is 10.2. The summed E-state index contributed by atoms with van der Waals surface area (Å²) in [5.41, 5.74) is 0.621. The molecule has 8 nitrogen and oxygen atoms in total. The Bertz CT molecular complexity index is 678. The predicted octanol–water partition coefficient (Wildman–Crippen LogP) is -2.36. The van der Waals surface area contributed by atoms with Gasteiger partial charge < -0.3 is 12.4 Å². The topological polar surface area (TPSA) is 126 Å². The van der Waals surface area contributed by atoms with Crippen molar-refractivity contribution in [1.82, 2.24) is 0 Å². The van der Waals surface area contributed by atoms with Crippen LogP contribution in [0.4, 0.5) is 0 Å². The summed E-state index contributed by atoms with van der Waals surface area (Å²) in [5.74, 6) is -0.587. The van der Waals surface area contributed by atoms with Gasteiger partial charge in [0.15, 0.2) is 9.84 Å². The average Bonchev–Trinajstić information content (AvgIpc) is 2.28. The molecule has 0 atom stereocenters. The SMILES string of the molecule is N#[N+]Cc1ccc(S(=O)(=O)CCOS(=O)(=O)O)cc1.[Cl-]. The maximum absolute atomic E-state index is 11.8. The first kappa shape index (κ1) is 18.8. The molecule has 112 valence electrons. The lowest BCUT2D eigenvalue weighted by Gasteiger charge is -2.04. The highest BCUT2D eigenvalue weighted by Gasteiger charge is 2.16. The maximum Gasteiger partial charge on any atom is 0.397 e. The normalized spacial score (nSPS) is 11.4. The summed E-state index contributed by atoms with van der Waals surface area (Å²) in [5, 5.41) is 8.35. The number of hydrogen-bond acceptors (Lipinski definition) is 6. The van der Waals surface area contributed by atoms with E-state index >= 15 is 0 Å². The highest BCUT2D eigenvalue weighted by Crippen LogP contribution is 2.13. The van der Waals surface area contributed by atoms with Crippen molar-refractivity contribution in [3.8, 4) is 0 Å². The summed E-state index contributed by atoms with van der Waals surface area (Å²) in [7, 11) is -8.36. The Labute approximate surface area is 122 Å². The predicted molar refractivity (Wildman–Crippen MR) is 64.8 cm³/mol. The van der Waals surface area contributed by atoms with Crippen molar-refractivity contribution in [2.24, 2.45) is 0 Å². The minimum atomic E-state index is -4.65. The van der Waals surface area contributed by atoms with Crippen molar-refractivity contribution < 1.29 is 38.0 Å². The van der Waals surface area contributed by atoms with Crippen molar-refractivity contribution in [2.45, 2.75) is 11.4 Å². The highest BCUT2D eigenvalue weighted by molar-refractivity contribution is 7.91. The molecule has 0 bridgehead atoms. The van der Waals surface area contributed by atoms with E-state index in [1.807, 2.05) is 0 Å². The van der Waals surface area contributed by atoms with Crippen LogP contribution in [0.3, 0.4) is 0 Å². The van der Waals surface area contributed by atoms with Crippen LogP contribution in [0.15, 0.2) is 29.2 Å². The van der Waals surface area contributed by atoms with Crippen molar-refractivity contribution >= 4 is 20.2 Å². The van der Waals surface area contributed by atoms with Crippen molar-refractivity contribution in [3.63, 3.8) is 0 Å². The van der Waals surface area contributed by atoms with Gasteiger partial charge in [-0.1, -0.05) is 0 Å². The second-order valence-corrected chi connectivity index (χ2v) is 6.71. The summed E-state index contributed by atoms with van der Waals surface area (Å²) < 4.78 is 56.3. The van der Waals surface area contributed by atoms with Crippen molar-refractivity contribution in [2.75, 3.05) is 12.4 Å². The third kappa shape index (κ3) is 6.27. The molecule has 0 saturated carbocycles. The molecule has 11 heteroatoms. The van der Waals surface area contributed by atoms with Crippen LogP contribution in [0.2, 0.25) is 0 Å². The zero-order valence-electron chi connectivity index (χ0n) is 10.0. The second kappa shape index (κ2) is 7.51. The van der Waals surface area contributed by atoms with Crippen LogP contribution in [0.5, 0.6) is 0 Å². The highest BCUT2D eigenvalue weighted by atomic mass is 35.5. The van der Waals surface area contributed by atoms with Crippen LogP contribution < -0.4 is 12.4 Å². The smallest absolute Gasteiger partial charge is 0.397 e. The summed E-state index contributed by atoms with van der Waals surface area (Å²) in [4.78, 5) is 2.89. The Hall–Kier alpha value is -1.25. The molecule has 0 aliphatic rings. The van der Waals surface area contributed by atoms with E-state index in [9.17, 15) is 16.8 Å². The lowest BCUT2D eigenvalue weighted by molar-refractivity contribution is -0.0000132. The molecule has 0 aliphatic carbocycles. The fourth-order valence-electron chi connectivity index (χ4n) is 1.25. The van der Waals surface area contributed by atoms with Crippen LogP contribution in [0, 0.1) is 5.39 Å². The third-order valence-corrected chi connectivity index (χ3v) is 4.28. The van der Waals surface area contributed by atoms with E-state index in [1.54, 1.807) is 0 Å². The molecule has 0 aliphatic heterocycles. The molecule has 0 fully saturated rings. The number of sulfone groups is 1. The molecule has 0 heterocycles. The van der Waals surface area contributed by atoms with Gasteiger partial charge >= 0.3 is 16.9 Å². The van der Waals surface area contributed by atoms with Crippen molar-refractivity contribution in [3.05, 3.63) is 34.8 Å². The van der Waals surface area contributed by atoms with E-state index in [1.165, 1.54) is 24.3 Å². The van der Waals surface area contributed by atoms with E-state index in [4.69, 9.17) is 9.95 Å². The maximum atomic E-state index is 11.8. The van der Waals surface area contributed by atoms with Gasteiger partial charge in [0.05, 0.1) is 17.3 Å². The molecule has 1 N–H and O–H groups in total. The molecule has 0 radical (unpaired) electrons. The van der Waals surface area contributed by atoms with Gasteiger partial charge in [-0.2, -0.15) is 8.42 Å². The quantitative estimate of drug-likeness (QED) is 0.452. The molecule has 1 rings (SSSR count). The summed E-state index contributed by atoms with van der Waals surface area (Å²) >= 11 is 0. The number of diazo groups is 1. The molecule has 20 heavy (non-hydrogen) atoms. The van der Waals surface area contributed by atoms with Crippen LogP contribution in [0.1, 0.15) is 5.56 Å². The fourth-order valence-corrected chi connectivity index (χ4v) is 2.74. The largest absolute Gasteiger partial charge is 1.00 e. The van der Waals surface area contributed by atoms with Gasteiger partial charge in [-0.25, -0.2) is 12.6 Å². The van der Waals surface area contributed by atoms with Crippen LogP contribution >= 0.6 is 0 Å². The first-order chi connectivity index (χ1) is 8.74. The molecule has 0 aromatic heterocycles. The molecular weight excluding hydrogens is 332 g/mol. The van der Waals surface area contributed by atoms with Gasteiger partial charge in [-0.15, -0.1) is 0 Å². The molecule has 1 aromatic carbocycles. The Morgan fingerprint density at radius 1 is 1.15 bits per heavy atom. The summed E-state index contributed by atoms with van der Waals surface area (Å²) in [6.07, 6.45) is 0. The number of halogens is 1. The molecule has 1 aromatic rings. The van der Waals surface area contributed by atoms with E-state index in [0.717, 1.165) is 0 Å². The van der Waals surface area contributed by atoms with E-state index in [2.05, 4.69) is 9.16 Å². The molecular formula is C9H11ClN2O6S2. The van der Waals surface area contributed by atoms with Gasteiger partial charge in [-0.05, 0) is 24.3 Å². The molecule has 0 amide bonds. The van der Waals surface area contributed by atoms with Gasteiger partial charge in [0.1, 0.15) is 4.98 Å². The Kier molecular flexibility index (Phi) is 7.04. The minimum absolute atomic E-state index is 0. The number of benzene rings is 1. The Morgan fingerprint density at radius 3 is 2.15 bits per heavy atom. The third-order valence-electron chi connectivity index (χ3n) is 2.12. The Balaban J connectivity index is 0.00000361. The second-order valence-electron chi connectivity index (χ2n) is 3.51. The zero-order chi connectivity index (χ0) is 14.5. The molecule has 0 spiro atoms. The standard InChI is InChI=1S/C9H10N2O6S2.ClH/c10-11-7-8-1-3-9(4-2-8)18(12,13)6-5-17-19(14,15)16;/h1-4H,5-7H2;1H. The monoisotopic (exact) mass is 342 g/mol. The van der Waals surface area contributed by atoms with Gasteiger partial charge in [-0.3, -0.25) is 4.55 Å². The van der Waals surface area contributed by atoms with E-state index in [0.29, 0.717) is 5.56 Å². The van der Waals surface area contributed by atoms with Gasteiger partial charge in [0.25, 0.3) is 0 Å².